The number of anilines is 1. The van der Waals surface area contributed by atoms with E-state index in [1.807, 2.05) is 0 Å². The molecule has 1 aliphatic heterocycles. The molecule has 6 nitrogen and oxygen atoms in total. The van der Waals surface area contributed by atoms with E-state index in [-0.39, 0.29) is 29.0 Å². The highest BCUT2D eigenvalue weighted by molar-refractivity contribution is 8.13. The lowest BCUT2D eigenvalue weighted by Gasteiger charge is -2.13. The van der Waals surface area contributed by atoms with Crippen LogP contribution in [-0.2, 0) is 4.79 Å². The van der Waals surface area contributed by atoms with Crippen LogP contribution in [-0.4, -0.2) is 44.9 Å². The van der Waals surface area contributed by atoms with Crippen molar-refractivity contribution >= 4 is 39.6 Å². The Balaban J connectivity index is 1.48. The van der Waals surface area contributed by atoms with Crippen molar-refractivity contribution in [3.8, 4) is 11.4 Å². The largest absolute Gasteiger partial charge is 0.338 e. The minimum atomic E-state index is -0.580. The molecule has 0 saturated carbocycles. The Morgan fingerprint density at radius 3 is 2.89 bits per heavy atom. The van der Waals surface area contributed by atoms with Crippen LogP contribution in [0.3, 0.4) is 0 Å². The number of aromatic nitrogens is 2. The fraction of sp³-hybridized carbons (Fsp3) is 0.211. The number of fused-ring (bicyclic) bond motifs is 1. The molecule has 0 bridgehead atoms. The predicted molar refractivity (Wildman–Crippen MR) is 104 cm³/mol. The normalized spacial score (nSPS) is 14.1. The van der Waals surface area contributed by atoms with Crippen LogP contribution in [0.2, 0.25) is 0 Å². The summed E-state index contributed by atoms with van der Waals surface area (Å²) >= 11 is 1.26. The van der Waals surface area contributed by atoms with E-state index in [2.05, 4.69) is 15.3 Å². The number of rotatable bonds is 5. The van der Waals surface area contributed by atoms with Gasteiger partial charge in [-0.3, -0.25) is 9.59 Å². The first-order valence-corrected chi connectivity index (χ1v) is 9.65. The summed E-state index contributed by atoms with van der Waals surface area (Å²) in [5, 5.41) is 2.78. The molecule has 0 spiro atoms. The first-order valence-electron chi connectivity index (χ1n) is 8.66. The average molecular weight is 402 g/mol. The van der Waals surface area contributed by atoms with Crippen molar-refractivity contribution in [2.24, 2.45) is 0 Å². The fourth-order valence-corrected chi connectivity index (χ4v) is 3.83. The number of H-pyrrole nitrogens is 1. The molecule has 144 valence electrons. The molecule has 2 aromatic carbocycles. The molecule has 1 saturated heterocycles. The van der Waals surface area contributed by atoms with Crippen LogP contribution in [0.5, 0.6) is 0 Å². The molecule has 2 N–H and O–H groups in total. The van der Waals surface area contributed by atoms with Gasteiger partial charge in [0.15, 0.2) is 0 Å². The number of carbonyl (C=O) groups excluding carboxylic acids is 2. The third kappa shape index (κ3) is 3.84. The molecule has 0 unspecified atom stereocenters. The SMILES string of the molecule is O=C(CCN1CCSC1=O)Nc1ccc2nc(-c3cc(F)ccc3F)[nH]c2c1. The number of benzene rings is 2. The number of halogens is 2. The van der Waals surface area contributed by atoms with Crippen LogP contribution >= 0.6 is 11.8 Å². The quantitative estimate of drug-likeness (QED) is 0.676. The zero-order chi connectivity index (χ0) is 19.7. The Hall–Kier alpha value is -2.94. The summed E-state index contributed by atoms with van der Waals surface area (Å²) in [4.78, 5) is 32.6. The molecule has 4 rings (SSSR count). The first kappa shape index (κ1) is 18.4. The van der Waals surface area contributed by atoms with Gasteiger partial charge in [-0.1, -0.05) is 11.8 Å². The van der Waals surface area contributed by atoms with E-state index in [9.17, 15) is 18.4 Å². The van der Waals surface area contributed by atoms with Gasteiger partial charge in [0.2, 0.25) is 5.91 Å². The van der Waals surface area contributed by atoms with Gasteiger partial charge >= 0.3 is 0 Å². The number of imidazole rings is 1. The summed E-state index contributed by atoms with van der Waals surface area (Å²) in [6.07, 6.45) is 0.201. The van der Waals surface area contributed by atoms with Gasteiger partial charge in [-0.25, -0.2) is 13.8 Å². The average Bonchev–Trinajstić information content (AvgIpc) is 3.27. The maximum atomic E-state index is 14.0. The molecule has 28 heavy (non-hydrogen) atoms. The number of thioether (sulfide) groups is 1. The van der Waals surface area contributed by atoms with Crippen molar-refractivity contribution in [2.45, 2.75) is 6.42 Å². The van der Waals surface area contributed by atoms with E-state index in [1.165, 1.54) is 11.8 Å². The van der Waals surface area contributed by atoms with Gasteiger partial charge in [-0.2, -0.15) is 0 Å². The number of hydrogen-bond donors (Lipinski definition) is 2. The van der Waals surface area contributed by atoms with E-state index < -0.39 is 11.6 Å². The summed E-state index contributed by atoms with van der Waals surface area (Å²) < 4.78 is 27.4. The van der Waals surface area contributed by atoms with Gasteiger partial charge in [-0.05, 0) is 36.4 Å². The zero-order valence-corrected chi connectivity index (χ0v) is 15.5. The van der Waals surface area contributed by atoms with Gasteiger partial charge in [0, 0.05) is 31.0 Å². The monoisotopic (exact) mass is 402 g/mol. The standard InChI is InChI=1S/C19H16F2N4O2S/c20-11-1-3-14(21)13(9-11)18-23-15-4-2-12(10-16(15)24-18)22-17(26)5-6-25-7-8-28-19(25)27/h1-4,9-10H,5-8H2,(H,22,26)(H,23,24). The van der Waals surface area contributed by atoms with Crippen molar-refractivity contribution in [1.29, 1.82) is 0 Å². The second kappa shape index (κ2) is 7.59. The van der Waals surface area contributed by atoms with Gasteiger partial charge in [-0.15, -0.1) is 0 Å². The molecule has 2 heterocycles. The van der Waals surface area contributed by atoms with E-state index in [0.717, 1.165) is 24.0 Å². The minimum Gasteiger partial charge on any atom is -0.338 e. The van der Waals surface area contributed by atoms with Crippen molar-refractivity contribution in [2.75, 3.05) is 24.2 Å². The third-order valence-electron chi connectivity index (χ3n) is 4.40. The molecule has 0 radical (unpaired) electrons. The molecule has 2 amide bonds. The molecule has 1 fully saturated rings. The van der Waals surface area contributed by atoms with Crippen molar-refractivity contribution in [1.82, 2.24) is 14.9 Å². The Bertz CT molecular complexity index is 1070. The molecule has 1 aromatic heterocycles. The fourth-order valence-electron chi connectivity index (χ4n) is 2.98. The Labute approximate surface area is 163 Å². The van der Waals surface area contributed by atoms with Crippen molar-refractivity contribution in [3.05, 3.63) is 48.0 Å². The lowest BCUT2D eigenvalue weighted by molar-refractivity contribution is -0.116. The summed E-state index contributed by atoms with van der Waals surface area (Å²) in [6, 6.07) is 8.22. The third-order valence-corrected chi connectivity index (χ3v) is 5.29. The second-order valence-corrected chi connectivity index (χ2v) is 7.39. The Morgan fingerprint density at radius 1 is 1.25 bits per heavy atom. The van der Waals surface area contributed by atoms with Gasteiger partial charge in [0.25, 0.3) is 5.24 Å². The Kier molecular flexibility index (Phi) is 4.99. The summed E-state index contributed by atoms with van der Waals surface area (Å²) in [5.41, 5.74) is 1.74. The number of nitrogens with one attached hydrogen (secondary N) is 2. The lowest BCUT2D eigenvalue weighted by Crippen LogP contribution is -2.27. The van der Waals surface area contributed by atoms with Gasteiger partial charge in [0.05, 0.1) is 16.6 Å². The highest BCUT2D eigenvalue weighted by Crippen LogP contribution is 2.25. The van der Waals surface area contributed by atoms with E-state index in [4.69, 9.17) is 0 Å². The van der Waals surface area contributed by atoms with Crippen LogP contribution in [0.15, 0.2) is 36.4 Å². The van der Waals surface area contributed by atoms with E-state index in [0.29, 0.717) is 29.8 Å². The summed E-state index contributed by atoms with van der Waals surface area (Å²) in [7, 11) is 0. The first-order chi connectivity index (χ1) is 13.5. The molecule has 0 aliphatic carbocycles. The topological polar surface area (TPSA) is 78.1 Å². The Morgan fingerprint density at radius 2 is 2.11 bits per heavy atom. The van der Waals surface area contributed by atoms with Crippen molar-refractivity contribution in [3.63, 3.8) is 0 Å². The highest BCUT2D eigenvalue weighted by atomic mass is 32.2. The molecular weight excluding hydrogens is 386 g/mol. The van der Waals surface area contributed by atoms with E-state index >= 15 is 0 Å². The van der Waals surface area contributed by atoms with Crippen LogP contribution in [0.4, 0.5) is 19.3 Å². The zero-order valence-electron chi connectivity index (χ0n) is 14.7. The van der Waals surface area contributed by atoms with Gasteiger partial charge in [0.1, 0.15) is 17.5 Å². The maximum absolute atomic E-state index is 14.0. The minimum absolute atomic E-state index is 0.00351. The lowest BCUT2D eigenvalue weighted by atomic mass is 10.2. The van der Waals surface area contributed by atoms with E-state index in [1.54, 1.807) is 23.1 Å². The molecule has 0 atom stereocenters. The predicted octanol–water partition coefficient (Wildman–Crippen LogP) is 4.01. The number of nitrogens with zero attached hydrogens (tertiary/aromatic N) is 2. The van der Waals surface area contributed by atoms with Crippen LogP contribution in [0.1, 0.15) is 6.42 Å². The van der Waals surface area contributed by atoms with Crippen molar-refractivity contribution < 1.29 is 18.4 Å². The molecular formula is C19H16F2N4O2S. The number of hydrogen-bond acceptors (Lipinski definition) is 4. The smallest absolute Gasteiger partial charge is 0.281 e. The number of aromatic amines is 1. The molecule has 1 aliphatic rings. The number of amides is 2. The molecule has 9 heteroatoms. The van der Waals surface area contributed by atoms with Gasteiger partial charge < -0.3 is 15.2 Å². The maximum Gasteiger partial charge on any atom is 0.281 e. The highest BCUT2D eigenvalue weighted by Gasteiger charge is 2.21. The summed E-state index contributed by atoms with van der Waals surface area (Å²) in [5.74, 6) is -0.380. The molecule has 3 aromatic rings. The summed E-state index contributed by atoms with van der Waals surface area (Å²) in [6.45, 7) is 1.04. The van der Waals surface area contributed by atoms with Crippen LogP contribution in [0.25, 0.3) is 22.4 Å². The number of carbonyl (C=O) groups is 2. The van der Waals surface area contributed by atoms with Crippen LogP contribution < -0.4 is 5.32 Å². The van der Waals surface area contributed by atoms with Crippen LogP contribution in [0, 0.1) is 11.6 Å². The second-order valence-electron chi connectivity index (χ2n) is 6.34.